The Hall–Kier alpha value is -3.92. The number of hydrogen-bond acceptors (Lipinski definition) is 2. The van der Waals surface area contributed by atoms with Crippen molar-refractivity contribution in [3.8, 4) is 39.6 Å². The van der Waals surface area contributed by atoms with E-state index in [1.54, 1.807) is 0 Å². The summed E-state index contributed by atoms with van der Waals surface area (Å²) in [5, 5.41) is 9.07. The van der Waals surface area contributed by atoms with Crippen molar-refractivity contribution in [2.75, 3.05) is 0 Å². The van der Waals surface area contributed by atoms with Gasteiger partial charge in [0.25, 0.3) is 0 Å². The summed E-state index contributed by atoms with van der Waals surface area (Å²) in [5.41, 5.74) is 6.07. The van der Waals surface area contributed by atoms with Gasteiger partial charge in [-0.2, -0.15) is 0 Å². The first-order valence-electron chi connectivity index (χ1n) is 9.82. The van der Waals surface area contributed by atoms with Gasteiger partial charge in [0.1, 0.15) is 7.85 Å². The van der Waals surface area contributed by atoms with Crippen LogP contribution in [-0.2, 0) is 0 Å². The Kier molecular flexibility index (Phi) is 4.74. The molecular weight excluding hydrogens is 365 g/mol. The Morgan fingerprint density at radius 1 is 0.467 bits per heavy atom. The molecule has 0 N–H and O–H groups in total. The molecule has 0 aliphatic rings. The van der Waals surface area contributed by atoms with E-state index in [1.807, 2.05) is 60.7 Å². The molecule has 4 heteroatoms. The molecule has 5 aromatic rings. The van der Waals surface area contributed by atoms with E-state index in [2.05, 4.69) is 63.3 Å². The quantitative estimate of drug-likeness (QED) is 0.406. The van der Waals surface area contributed by atoms with Crippen molar-refractivity contribution < 1.29 is 0 Å². The Bertz CT molecular complexity index is 1260. The molecule has 0 aliphatic heterocycles. The lowest BCUT2D eigenvalue weighted by atomic mass is 9.95. The van der Waals surface area contributed by atoms with Crippen molar-refractivity contribution in [2.45, 2.75) is 0 Å². The number of nitrogens with zero attached hydrogens (tertiary/aromatic N) is 3. The maximum absolute atomic E-state index is 5.87. The molecule has 5 rings (SSSR count). The van der Waals surface area contributed by atoms with Crippen LogP contribution < -0.4 is 5.46 Å². The highest BCUT2D eigenvalue weighted by Crippen LogP contribution is 2.29. The Morgan fingerprint density at radius 3 is 1.47 bits per heavy atom. The number of para-hydroxylation sites is 1. The van der Waals surface area contributed by atoms with E-state index in [1.165, 1.54) is 11.1 Å². The smallest absolute Gasteiger partial charge is 0.168 e. The molecule has 0 bridgehead atoms. The topological polar surface area (TPSA) is 30.7 Å². The normalized spacial score (nSPS) is 10.8. The molecule has 30 heavy (non-hydrogen) atoms. The first-order chi connectivity index (χ1) is 14.8. The fourth-order valence-corrected chi connectivity index (χ4v) is 3.55. The van der Waals surface area contributed by atoms with Crippen LogP contribution in [0.4, 0.5) is 0 Å². The predicted molar refractivity (Wildman–Crippen MR) is 123 cm³/mol. The van der Waals surface area contributed by atoms with Crippen molar-refractivity contribution in [1.82, 2.24) is 14.8 Å². The van der Waals surface area contributed by atoms with E-state index < -0.39 is 0 Å². The average Bonchev–Trinajstić information content (AvgIpc) is 3.26. The molecule has 0 fully saturated rings. The number of aromatic nitrogens is 3. The molecule has 0 spiro atoms. The SMILES string of the molecule is [B]c1ccc(-c2nnc(-c3ccc(-c4ccccc4)cc3)n2-c2ccccc2)cc1. The second kappa shape index (κ2) is 7.84. The predicted octanol–water partition coefficient (Wildman–Crippen LogP) is 5.06. The van der Waals surface area contributed by atoms with E-state index in [0.717, 1.165) is 33.9 Å². The second-order valence-corrected chi connectivity index (χ2v) is 7.08. The van der Waals surface area contributed by atoms with Gasteiger partial charge in [-0.3, -0.25) is 4.57 Å². The standard InChI is InChI=1S/C26H18BN3/c27-23-17-15-22(16-18-23)26-29-28-25(30(26)24-9-5-2-6-10-24)21-13-11-20(12-14-21)19-7-3-1-4-8-19/h1-18H. The molecule has 0 unspecified atom stereocenters. The van der Waals surface area contributed by atoms with E-state index in [9.17, 15) is 0 Å². The van der Waals surface area contributed by atoms with Crippen molar-refractivity contribution in [2.24, 2.45) is 0 Å². The summed E-state index contributed by atoms with van der Waals surface area (Å²) in [6.45, 7) is 0. The van der Waals surface area contributed by atoms with Gasteiger partial charge in [0.2, 0.25) is 0 Å². The van der Waals surface area contributed by atoms with Gasteiger partial charge in [-0.1, -0.05) is 103 Å². The highest BCUT2D eigenvalue weighted by atomic mass is 15.3. The molecule has 0 saturated carbocycles. The summed E-state index contributed by atoms with van der Waals surface area (Å²) in [6, 6.07) is 36.7. The third kappa shape index (κ3) is 3.44. The number of hydrogen-bond donors (Lipinski definition) is 0. The number of rotatable bonds is 4. The lowest BCUT2D eigenvalue weighted by molar-refractivity contribution is 1.07. The molecule has 1 aromatic heterocycles. The minimum atomic E-state index is 0.723. The van der Waals surface area contributed by atoms with Crippen LogP contribution in [0.15, 0.2) is 109 Å². The summed E-state index contributed by atoms with van der Waals surface area (Å²) in [6.07, 6.45) is 0. The minimum Gasteiger partial charge on any atom is -0.275 e. The fourth-order valence-electron chi connectivity index (χ4n) is 3.55. The molecule has 2 radical (unpaired) electrons. The average molecular weight is 383 g/mol. The van der Waals surface area contributed by atoms with Gasteiger partial charge in [-0.25, -0.2) is 0 Å². The van der Waals surface area contributed by atoms with Crippen LogP contribution in [-0.4, -0.2) is 22.6 Å². The van der Waals surface area contributed by atoms with Crippen LogP contribution in [0.1, 0.15) is 0 Å². The zero-order valence-corrected chi connectivity index (χ0v) is 16.3. The zero-order chi connectivity index (χ0) is 20.3. The first-order valence-corrected chi connectivity index (χ1v) is 9.82. The van der Waals surface area contributed by atoms with Gasteiger partial charge in [-0.15, -0.1) is 10.2 Å². The first kappa shape index (κ1) is 18.1. The van der Waals surface area contributed by atoms with Crippen LogP contribution in [0.5, 0.6) is 0 Å². The Balaban J connectivity index is 1.63. The summed E-state index contributed by atoms with van der Waals surface area (Å²) in [4.78, 5) is 0. The molecule has 0 amide bonds. The maximum Gasteiger partial charge on any atom is 0.168 e. The highest BCUT2D eigenvalue weighted by Gasteiger charge is 2.17. The molecule has 0 atom stereocenters. The third-order valence-corrected chi connectivity index (χ3v) is 5.10. The van der Waals surface area contributed by atoms with Gasteiger partial charge >= 0.3 is 0 Å². The Morgan fingerprint density at radius 2 is 0.900 bits per heavy atom. The largest absolute Gasteiger partial charge is 0.275 e. The molecule has 140 valence electrons. The second-order valence-electron chi connectivity index (χ2n) is 7.08. The van der Waals surface area contributed by atoms with E-state index in [-0.39, 0.29) is 0 Å². The van der Waals surface area contributed by atoms with Crippen molar-refractivity contribution in [3.63, 3.8) is 0 Å². The Labute approximate surface area is 177 Å². The van der Waals surface area contributed by atoms with Crippen molar-refractivity contribution in [3.05, 3.63) is 109 Å². The monoisotopic (exact) mass is 383 g/mol. The van der Waals surface area contributed by atoms with E-state index >= 15 is 0 Å². The summed E-state index contributed by atoms with van der Waals surface area (Å²) in [5.74, 6) is 1.58. The van der Waals surface area contributed by atoms with Crippen molar-refractivity contribution >= 4 is 13.3 Å². The van der Waals surface area contributed by atoms with Gasteiger partial charge in [0, 0.05) is 16.8 Å². The summed E-state index contributed by atoms with van der Waals surface area (Å²) >= 11 is 0. The highest BCUT2D eigenvalue weighted by molar-refractivity contribution is 6.32. The molecule has 1 heterocycles. The fraction of sp³-hybridized carbons (Fsp3) is 0. The van der Waals surface area contributed by atoms with Gasteiger partial charge in [0.15, 0.2) is 11.6 Å². The molecule has 3 nitrogen and oxygen atoms in total. The molecule has 0 saturated heterocycles. The summed E-state index contributed by atoms with van der Waals surface area (Å²) < 4.78 is 2.09. The molecular formula is C26H18BN3. The van der Waals surface area contributed by atoms with E-state index in [4.69, 9.17) is 7.85 Å². The maximum atomic E-state index is 5.87. The van der Waals surface area contributed by atoms with Crippen LogP contribution in [0.2, 0.25) is 0 Å². The lowest BCUT2D eigenvalue weighted by Gasteiger charge is -2.11. The van der Waals surface area contributed by atoms with Crippen LogP contribution in [0.25, 0.3) is 39.6 Å². The van der Waals surface area contributed by atoms with Crippen LogP contribution in [0.3, 0.4) is 0 Å². The molecule has 0 aliphatic carbocycles. The van der Waals surface area contributed by atoms with Crippen LogP contribution in [0, 0.1) is 0 Å². The van der Waals surface area contributed by atoms with Gasteiger partial charge in [0.05, 0.1) is 0 Å². The zero-order valence-electron chi connectivity index (χ0n) is 16.3. The molecule has 4 aromatic carbocycles. The lowest BCUT2D eigenvalue weighted by Crippen LogP contribution is -2.03. The van der Waals surface area contributed by atoms with Gasteiger partial charge < -0.3 is 0 Å². The van der Waals surface area contributed by atoms with Crippen LogP contribution >= 0.6 is 0 Å². The minimum absolute atomic E-state index is 0.723. The van der Waals surface area contributed by atoms with E-state index in [0.29, 0.717) is 0 Å². The number of benzene rings is 4. The third-order valence-electron chi connectivity index (χ3n) is 5.10. The van der Waals surface area contributed by atoms with Gasteiger partial charge in [-0.05, 0) is 23.3 Å². The summed E-state index contributed by atoms with van der Waals surface area (Å²) in [7, 11) is 5.87. The van der Waals surface area contributed by atoms with Crippen molar-refractivity contribution in [1.29, 1.82) is 0 Å².